The summed E-state index contributed by atoms with van der Waals surface area (Å²) in [5.74, 6) is -1.47. The number of carbonyl (C=O) groups is 4. The molecule has 3 N–H and O–H groups in total. The van der Waals surface area contributed by atoms with Crippen LogP contribution in [0.5, 0.6) is 0 Å². The third kappa shape index (κ3) is 9.56. The van der Waals surface area contributed by atoms with Gasteiger partial charge in [0.1, 0.15) is 19.2 Å². The van der Waals surface area contributed by atoms with E-state index in [1.54, 1.807) is 12.1 Å². The number of rotatable bonds is 10. The van der Waals surface area contributed by atoms with Crippen molar-refractivity contribution in [3.05, 3.63) is 35.9 Å². The summed E-state index contributed by atoms with van der Waals surface area (Å²) in [6.45, 7) is 3.23. The zero-order valence-corrected chi connectivity index (χ0v) is 16.3. The standard InChI is InChI=1S/C19H27N3O6/c1-13(2)9-15(18(25)27-3)22-17(24)11-20-16(23)10-21-19(26)28-12-14-7-5-4-6-8-14/h4-8,13,15H,9-12H2,1-3H3,(H,20,23)(H,21,26)(H,22,24). The van der Waals surface area contributed by atoms with Crippen LogP contribution in [0.1, 0.15) is 25.8 Å². The molecule has 1 aromatic carbocycles. The molecule has 1 atom stereocenters. The lowest BCUT2D eigenvalue weighted by Crippen LogP contribution is -2.47. The lowest BCUT2D eigenvalue weighted by Gasteiger charge is -2.18. The van der Waals surface area contributed by atoms with Gasteiger partial charge in [-0.2, -0.15) is 0 Å². The first kappa shape index (κ1) is 22.9. The van der Waals surface area contributed by atoms with Crippen LogP contribution in [0.2, 0.25) is 0 Å². The van der Waals surface area contributed by atoms with Crippen molar-refractivity contribution in [2.24, 2.45) is 5.92 Å². The molecule has 0 aromatic heterocycles. The average molecular weight is 393 g/mol. The molecular weight excluding hydrogens is 366 g/mol. The molecule has 0 bridgehead atoms. The Labute approximate surface area is 164 Å². The minimum Gasteiger partial charge on any atom is -0.467 e. The molecule has 0 saturated heterocycles. The third-order valence-corrected chi connectivity index (χ3v) is 3.58. The number of alkyl carbamates (subject to hydrolysis) is 1. The molecule has 9 nitrogen and oxygen atoms in total. The number of hydrogen-bond acceptors (Lipinski definition) is 6. The Bertz CT molecular complexity index is 663. The van der Waals surface area contributed by atoms with Gasteiger partial charge in [0.05, 0.1) is 13.7 Å². The number of benzene rings is 1. The van der Waals surface area contributed by atoms with Crippen LogP contribution in [0.25, 0.3) is 0 Å². The molecule has 28 heavy (non-hydrogen) atoms. The van der Waals surface area contributed by atoms with Crippen LogP contribution < -0.4 is 16.0 Å². The molecule has 1 unspecified atom stereocenters. The molecule has 9 heteroatoms. The maximum atomic E-state index is 11.9. The molecule has 0 fully saturated rings. The minimum atomic E-state index is -0.777. The Balaban J connectivity index is 2.28. The number of carbonyl (C=O) groups excluding carboxylic acids is 4. The molecule has 1 aromatic rings. The zero-order chi connectivity index (χ0) is 20.9. The van der Waals surface area contributed by atoms with E-state index in [-0.39, 0.29) is 25.6 Å². The average Bonchev–Trinajstić information content (AvgIpc) is 2.68. The molecule has 0 aliphatic carbocycles. The molecular formula is C19H27N3O6. The van der Waals surface area contributed by atoms with Crippen molar-refractivity contribution in [3.8, 4) is 0 Å². The second kappa shape index (κ2) is 12.3. The smallest absolute Gasteiger partial charge is 0.407 e. The second-order valence-corrected chi connectivity index (χ2v) is 6.46. The van der Waals surface area contributed by atoms with E-state index in [2.05, 4.69) is 20.7 Å². The summed E-state index contributed by atoms with van der Waals surface area (Å²) < 4.78 is 9.63. The molecule has 0 heterocycles. The summed E-state index contributed by atoms with van der Waals surface area (Å²) in [5, 5.41) is 7.16. The fraction of sp³-hybridized carbons (Fsp3) is 0.474. The fourth-order valence-electron chi connectivity index (χ4n) is 2.24. The van der Waals surface area contributed by atoms with Gasteiger partial charge in [0.15, 0.2) is 0 Å². The van der Waals surface area contributed by atoms with Gasteiger partial charge in [-0.3, -0.25) is 9.59 Å². The Morgan fingerprint density at radius 3 is 2.21 bits per heavy atom. The number of ether oxygens (including phenoxy) is 2. The quantitative estimate of drug-likeness (QED) is 0.504. The molecule has 0 aliphatic rings. The van der Waals surface area contributed by atoms with Crippen LogP contribution in [-0.4, -0.2) is 50.1 Å². The molecule has 0 saturated carbocycles. The van der Waals surface area contributed by atoms with Gasteiger partial charge in [0.25, 0.3) is 0 Å². The molecule has 0 aliphatic heterocycles. The van der Waals surface area contributed by atoms with Crippen molar-refractivity contribution in [3.63, 3.8) is 0 Å². The highest BCUT2D eigenvalue weighted by Crippen LogP contribution is 2.06. The first-order valence-electron chi connectivity index (χ1n) is 8.90. The Hall–Kier alpha value is -3.10. The highest BCUT2D eigenvalue weighted by molar-refractivity contribution is 5.89. The van der Waals surface area contributed by atoms with E-state index in [4.69, 9.17) is 4.74 Å². The number of methoxy groups -OCH3 is 1. The number of nitrogens with one attached hydrogen (secondary N) is 3. The predicted molar refractivity (Wildman–Crippen MR) is 101 cm³/mol. The van der Waals surface area contributed by atoms with Gasteiger partial charge < -0.3 is 25.4 Å². The summed E-state index contributed by atoms with van der Waals surface area (Å²) >= 11 is 0. The van der Waals surface area contributed by atoms with Crippen LogP contribution in [0.4, 0.5) is 4.79 Å². The van der Waals surface area contributed by atoms with E-state index < -0.39 is 29.9 Å². The topological polar surface area (TPSA) is 123 Å². The van der Waals surface area contributed by atoms with E-state index in [9.17, 15) is 19.2 Å². The van der Waals surface area contributed by atoms with Crippen LogP contribution in [-0.2, 0) is 30.5 Å². The van der Waals surface area contributed by atoms with Crippen LogP contribution in [0, 0.1) is 5.92 Å². The summed E-state index contributed by atoms with van der Waals surface area (Å²) in [6, 6.07) is 8.32. The van der Waals surface area contributed by atoms with Crippen LogP contribution >= 0.6 is 0 Å². The van der Waals surface area contributed by atoms with E-state index in [1.165, 1.54) is 7.11 Å². The van der Waals surface area contributed by atoms with Gasteiger partial charge in [-0.25, -0.2) is 9.59 Å². The zero-order valence-electron chi connectivity index (χ0n) is 16.3. The summed E-state index contributed by atoms with van der Waals surface area (Å²) in [5.41, 5.74) is 0.820. The lowest BCUT2D eigenvalue weighted by molar-refractivity contribution is -0.145. The summed E-state index contributed by atoms with van der Waals surface area (Å²) in [7, 11) is 1.24. The Morgan fingerprint density at radius 2 is 1.61 bits per heavy atom. The Kier molecular flexibility index (Phi) is 10.1. The van der Waals surface area contributed by atoms with Crippen molar-refractivity contribution < 1.29 is 28.7 Å². The van der Waals surface area contributed by atoms with E-state index in [0.29, 0.717) is 6.42 Å². The highest BCUT2D eigenvalue weighted by atomic mass is 16.5. The van der Waals surface area contributed by atoms with E-state index >= 15 is 0 Å². The second-order valence-electron chi connectivity index (χ2n) is 6.46. The predicted octanol–water partition coefficient (Wildman–Crippen LogP) is 0.733. The van der Waals surface area contributed by atoms with Gasteiger partial charge in [0.2, 0.25) is 11.8 Å². The van der Waals surface area contributed by atoms with Gasteiger partial charge in [-0.05, 0) is 17.9 Å². The first-order valence-corrected chi connectivity index (χ1v) is 8.90. The van der Waals surface area contributed by atoms with Crippen LogP contribution in [0.15, 0.2) is 30.3 Å². The van der Waals surface area contributed by atoms with Gasteiger partial charge >= 0.3 is 12.1 Å². The fourth-order valence-corrected chi connectivity index (χ4v) is 2.24. The molecule has 0 radical (unpaired) electrons. The van der Waals surface area contributed by atoms with E-state index in [1.807, 2.05) is 32.0 Å². The molecule has 3 amide bonds. The number of hydrogen-bond donors (Lipinski definition) is 3. The van der Waals surface area contributed by atoms with Crippen molar-refractivity contribution in [2.75, 3.05) is 20.2 Å². The SMILES string of the molecule is COC(=O)C(CC(C)C)NC(=O)CNC(=O)CNC(=O)OCc1ccccc1. The molecule has 0 spiro atoms. The molecule has 1 rings (SSSR count). The number of amides is 3. The van der Waals surface area contributed by atoms with E-state index in [0.717, 1.165) is 5.56 Å². The van der Waals surface area contributed by atoms with Crippen molar-refractivity contribution in [2.45, 2.75) is 32.9 Å². The lowest BCUT2D eigenvalue weighted by atomic mass is 10.0. The maximum Gasteiger partial charge on any atom is 0.407 e. The van der Waals surface area contributed by atoms with Crippen molar-refractivity contribution in [1.29, 1.82) is 0 Å². The van der Waals surface area contributed by atoms with Gasteiger partial charge in [-0.15, -0.1) is 0 Å². The van der Waals surface area contributed by atoms with Gasteiger partial charge in [0, 0.05) is 0 Å². The number of esters is 1. The van der Waals surface area contributed by atoms with Crippen LogP contribution in [0.3, 0.4) is 0 Å². The minimum absolute atomic E-state index is 0.0848. The Morgan fingerprint density at radius 1 is 0.964 bits per heavy atom. The third-order valence-electron chi connectivity index (χ3n) is 3.58. The first-order chi connectivity index (χ1) is 13.3. The van der Waals surface area contributed by atoms with Crippen molar-refractivity contribution in [1.82, 2.24) is 16.0 Å². The summed E-state index contributed by atoms with van der Waals surface area (Å²) in [4.78, 5) is 46.9. The monoisotopic (exact) mass is 393 g/mol. The van der Waals surface area contributed by atoms with Gasteiger partial charge in [-0.1, -0.05) is 44.2 Å². The summed E-state index contributed by atoms with van der Waals surface area (Å²) in [6.07, 6.45) is -0.326. The van der Waals surface area contributed by atoms with Crippen molar-refractivity contribution >= 4 is 23.9 Å². The maximum absolute atomic E-state index is 11.9. The highest BCUT2D eigenvalue weighted by Gasteiger charge is 2.22. The molecule has 154 valence electrons. The largest absolute Gasteiger partial charge is 0.467 e. The normalized spacial score (nSPS) is 11.3.